The van der Waals surface area contributed by atoms with Gasteiger partial charge < -0.3 is 9.47 Å². The predicted molar refractivity (Wildman–Crippen MR) is 144 cm³/mol. The van der Waals surface area contributed by atoms with Crippen LogP contribution in [0.1, 0.15) is 0 Å². The number of aryl methyl sites for hydroxylation is 1. The van der Waals surface area contributed by atoms with Gasteiger partial charge in [0.2, 0.25) is 0 Å². The highest BCUT2D eigenvalue weighted by atomic mass is 32.2. The average molecular weight is 574 g/mol. The van der Waals surface area contributed by atoms with Gasteiger partial charge in [0.15, 0.2) is 34.6 Å². The molecule has 0 bridgehead atoms. The van der Waals surface area contributed by atoms with E-state index in [1.807, 2.05) is 0 Å². The van der Waals surface area contributed by atoms with E-state index in [9.17, 15) is 8.42 Å². The minimum absolute atomic E-state index is 0.0626. The second kappa shape index (κ2) is 11.2. The molecule has 0 unspecified atom stereocenters. The summed E-state index contributed by atoms with van der Waals surface area (Å²) >= 11 is 0. The molecule has 210 valence electrons. The SMILES string of the molecule is C=N/C=C\N(N(c1ccc2ncc(-c3cnn(C)c3)nc2n1)c1c(F)c(OC)cc(OC)c1F)S(=O)(=O)N(C)C. The molecule has 0 amide bonds. The van der Waals surface area contributed by atoms with Crippen molar-refractivity contribution < 1.29 is 26.7 Å². The molecule has 4 aromatic rings. The second-order valence-electron chi connectivity index (χ2n) is 8.28. The first-order chi connectivity index (χ1) is 19.0. The van der Waals surface area contributed by atoms with Crippen molar-refractivity contribution in [2.45, 2.75) is 0 Å². The molecule has 40 heavy (non-hydrogen) atoms. The van der Waals surface area contributed by atoms with Crippen molar-refractivity contribution in [3.63, 3.8) is 0 Å². The molecular weight excluding hydrogens is 548 g/mol. The van der Waals surface area contributed by atoms with Crippen LogP contribution in [0.25, 0.3) is 22.4 Å². The number of hydrogen-bond donors (Lipinski definition) is 0. The van der Waals surface area contributed by atoms with Crippen molar-refractivity contribution in [1.82, 2.24) is 33.5 Å². The van der Waals surface area contributed by atoms with E-state index < -0.39 is 39.0 Å². The van der Waals surface area contributed by atoms with E-state index in [-0.39, 0.29) is 11.5 Å². The van der Waals surface area contributed by atoms with Gasteiger partial charge >= 0.3 is 10.2 Å². The summed E-state index contributed by atoms with van der Waals surface area (Å²) in [6.07, 6.45) is 6.81. The molecule has 1 aromatic carbocycles. The number of halogens is 2. The Bertz CT molecular complexity index is 1680. The lowest BCUT2D eigenvalue weighted by Crippen LogP contribution is -2.46. The highest BCUT2D eigenvalue weighted by Gasteiger charge is 2.36. The lowest BCUT2D eigenvalue weighted by molar-refractivity contribution is 0.354. The van der Waals surface area contributed by atoms with E-state index in [1.165, 1.54) is 46.6 Å². The number of ether oxygens (including phenoxy) is 2. The van der Waals surface area contributed by atoms with Crippen LogP contribution < -0.4 is 14.5 Å². The van der Waals surface area contributed by atoms with Gasteiger partial charge in [-0.2, -0.15) is 22.2 Å². The number of aliphatic imine (C=N–C) groups is 1. The van der Waals surface area contributed by atoms with Crippen LogP contribution in [-0.2, 0) is 17.3 Å². The Hall–Kier alpha value is -4.70. The van der Waals surface area contributed by atoms with Crippen molar-refractivity contribution in [1.29, 1.82) is 0 Å². The maximum atomic E-state index is 15.8. The Labute approximate surface area is 228 Å². The number of nitrogens with zero attached hydrogens (tertiary/aromatic N) is 9. The molecule has 0 aliphatic heterocycles. The maximum absolute atomic E-state index is 15.8. The van der Waals surface area contributed by atoms with Crippen LogP contribution in [0.3, 0.4) is 0 Å². The number of benzene rings is 1. The normalized spacial score (nSPS) is 11.8. The fourth-order valence-electron chi connectivity index (χ4n) is 3.59. The molecular formula is C24H25F2N9O4S. The van der Waals surface area contributed by atoms with Crippen molar-refractivity contribution in [2.75, 3.05) is 33.3 Å². The summed E-state index contributed by atoms with van der Waals surface area (Å²) in [5.74, 6) is -3.51. The molecule has 0 saturated heterocycles. The van der Waals surface area contributed by atoms with Gasteiger partial charge in [0, 0.05) is 45.2 Å². The quantitative estimate of drug-likeness (QED) is 0.207. The van der Waals surface area contributed by atoms with Crippen molar-refractivity contribution in [3.8, 4) is 22.8 Å². The first-order valence-corrected chi connectivity index (χ1v) is 12.8. The average Bonchev–Trinajstić information content (AvgIpc) is 3.37. The summed E-state index contributed by atoms with van der Waals surface area (Å²) in [5.41, 5.74) is 0.607. The number of fused-ring (bicyclic) bond motifs is 1. The molecule has 13 nitrogen and oxygen atoms in total. The highest BCUT2D eigenvalue weighted by molar-refractivity contribution is 7.86. The molecule has 3 aromatic heterocycles. The van der Waals surface area contributed by atoms with Gasteiger partial charge in [-0.15, -0.1) is 0 Å². The Morgan fingerprint density at radius 3 is 2.30 bits per heavy atom. The Morgan fingerprint density at radius 2 is 1.75 bits per heavy atom. The molecule has 0 spiro atoms. The molecule has 3 heterocycles. The summed E-state index contributed by atoms with van der Waals surface area (Å²) in [6.45, 7) is 3.32. The lowest BCUT2D eigenvalue weighted by Gasteiger charge is -2.35. The minimum Gasteiger partial charge on any atom is -0.493 e. The number of rotatable bonds is 10. The van der Waals surface area contributed by atoms with E-state index in [1.54, 1.807) is 24.1 Å². The van der Waals surface area contributed by atoms with E-state index >= 15 is 8.78 Å². The molecule has 0 atom stereocenters. The minimum atomic E-state index is -4.47. The first kappa shape index (κ1) is 28.3. The molecule has 0 radical (unpaired) electrons. The summed E-state index contributed by atoms with van der Waals surface area (Å²) in [6, 6.07) is 3.81. The Kier molecular flexibility index (Phi) is 7.92. The van der Waals surface area contributed by atoms with Crippen LogP contribution in [-0.4, -0.2) is 76.9 Å². The third-order valence-corrected chi connectivity index (χ3v) is 7.25. The summed E-state index contributed by atoms with van der Waals surface area (Å²) in [7, 11) is 2.10. The van der Waals surface area contributed by atoms with Crippen LogP contribution >= 0.6 is 0 Å². The molecule has 4 rings (SSSR count). The zero-order chi connectivity index (χ0) is 29.2. The third-order valence-electron chi connectivity index (χ3n) is 5.57. The lowest BCUT2D eigenvalue weighted by atomic mass is 10.2. The Balaban J connectivity index is 2.06. The second-order valence-corrected chi connectivity index (χ2v) is 10.3. The largest absolute Gasteiger partial charge is 0.493 e. The van der Waals surface area contributed by atoms with Gasteiger partial charge in [-0.1, -0.05) is 0 Å². The number of hydrazine groups is 1. The number of methoxy groups -OCH3 is 2. The van der Waals surface area contributed by atoms with Crippen molar-refractivity contribution >= 4 is 39.6 Å². The van der Waals surface area contributed by atoms with Gasteiger partial charge in [0.1, 0.15) is 11.2 Å². The first-order valence-electron chi connectivity index (χ1n) is 11.4. The van der Waals surface area contributed by atoms with Crippen LogP contribution in [0, 0.1) is 11.6 Å². The monoisotopic (exact) mass is 573 g/mol. The summed E-state index contributed by atoms with van der Waals surface area (Å²) in [5, 5.41) is 4.82. The van der Waals surface area contributed by atoms with E-state index in [4.69, 9.17) is 9.47 Å². The number of hydrogen-bond acceptors (Lipinski definition) is 10. The smallest absolute Gasteiger partial charge is 0.321 e. The molecule has 0 aliphatic carbocycles. The molecule has 0 fully saturated rings. The Morgan fingerprint density at radius 1 is 1.07 bits per heavy atom. The zero-order valence-corrected chi connectivity index (χ0v) is 23.0. The van der Waals surface area contributed by atoms with Crippen molar-refractivity contribution in [2.24, 2.45) is 12.0 Å². The maximum Gasteiger partial charge on any atom is 0.321 e. The third kappa shape index (κ3) is 5.13. The van der Waals surface area contributed by atoms with E-state index in [2.05, 4.69) is 31.8 Å². The van der Waals surface area contributed by atoms with Gasteiger partial charge in [-0.25, -0.2) is 23.8 Å². The number of aromatic nitrogens is 5. The van der Waals surface area contributed by atoms with E-state index in [0.29, 0.717) is 26.2 Å². The van der Waals surface area contributed by atoms with Crippen LogP contribution in [0.4, 0.5) is 20.3 Å². The van der Waals surface area contributed by atoms with Gasteiger partial charge in [-0.05, 0) is 18.9 Å². The van der Waals surface area contributed by atoms with E-state index in [0.717, 1.165) is 22.8 Å². The fraction of sp³-hybridized carbons (Fsp3) is 0.208. The van der Waals surface area contributed by atoms with Gasteiger partial charge in [-0.3, -0.25) is 14.7 Å². The standard InChI is InChI=1S/C24H25F2N9O4S/c1-27-9-10-34(40(36,37)32(2)3)35(23-21(25)18(38-5)11-19(39-6)22(23)26)20-8-7-16-24(31-20)30-17(13-28-16)15-12-29-33(4)14-15/h7-14H,1H2,2-6H3/b10-9-. The van der Waals surface area contributed by atoms with Crippen LogP contribution in [0.15, 0.2) is 54.2 Å². The predicted octanol–water partition coefficient (Wildman–Crippen LogP) is 3.05. The fourth-order valence-corrected chi connectivity index (χ4v) is 4.50. The zero-order valence-electron chi connectivity index (χ0n) is 22.1. The number of anilines is 2. The molecule has 0 saturated carbocycles. The molecule has 0 N–H and O–H groups in total. The number of pyridine rings is 1. The topological polar surface area (TPSA) is 131 Å². The van der Waals surface area contributed by atoms with Gasteiger partial charge in [0.05, 0.1) is 38.5 Å². The van der Waals surface area contributed by atoms with Crippen molar-refractivity contribution in [3.05, 3.63) is 60.8 Å². The van der Waals surface area contributed by atoms with Crippen LogP contribution in [0.2, 0.25) is 0 Å². The summed E-state index contributed by atoms with van der Waals surface area (Å²) in [4.78, 5) is 16.9. The molecule has 16 heteroatoms. The van der Waals surface area contributed by atoms with Gasteiger partial charge in [0.25, 0.3) is 0 Å². The molecule has 0 aliphatic rings. The van der Waals surface area contributed by atoms with Crippen LogP contribution in [0.5, 0.6) is 11.5 Å². The summed E-state index contributed by atoms with van der Waals surface area (Å²) < 4.78 is 71.8. The highest BCUT2D eigenvalue weighted by Crippen LogP contribution is 2.41.